The molecule has 9 N–H and O–H groups in total. The fourth-order valence-corrected chi connectivity index (χ4v) is 10.6. The number of aliphatic hydroxyl groups is 8. The zero-order chi connectivity index (χ0) is 54.6. The number of nitrogens with one attached hydrogen (secondary N) is 1. The van der Waals surface area contributed by atoms with Gasteiger partial charge in [-0.15, -0.1) is 0 Å². The normalized spacial score (nSPS) is 25.0. The van der Waals surface area contributed by atoms with E-state index in [1.807, 2.05) is 6.08 Å². The van der Waals surface area contributed by atoms with Crippen LogP contribution in [0.2, 0.25) is 0 Å². The Bertz CT molecular complexity index is 1310. The molecule has 0 aliphatic carbocycles. The van der Waals surface area contributed by atoms with Crippen LogP contribution in [0.4, 0.5) is 0 Å². The predicted molar refractivity (Wildman–Crippen MR) is 300 cm³/mol. The molecule has 2 rings (SSSR count). The van der Waals surface area contributed by atoms with Gasteiger partial charge in [0.05, 0.1) is 32.0 Å². The molecular formula is C61H117NO13. The second-order valence-electron chi connectivity index (χ2n) is 22.6. The summed E-state index contributed by atoms with van der Waals surface area (Å²) in [7, 11) is 0. The predicted octanol–water partition coefficient (Wildman–Crippen LogP) is 11.1. The van der Waals surface area contributed by atoms with Gasteiger partial charge in [-0.3, -0.25) is 4.79 Å². The van der Waals surface area contributed by atoms with Crippen LogP contribution in [0.1, 0.15) is 277 Å². The molecule has 2 aliphatic heterocycles. The lowest BCUT2D eigenvalue weighted by Gasteiger charge is -2.46. The molecule has 0 aromatic rings. The first-order valence-corrected chi connectivity index (χ1v) is 31.4. The maximum absolute atomic E-state index is 13.2. The molecule has 2 saturated heterocycles. The summed E-state index contributed by atoms with van der Waals surface area (Å²) in [6.45, 7) is 2.81. The lowest BCUT2D eigenvalue weighted by atomic mass is 9.97. The van der Waals surface area contributed by atoms with E-state index in [2.05, 4.69) is 19.2 Å². The van der Waals surface area contributed by atoms with Gasteiger partial charge in [-0.1, -0.05) is 264 Å². The standard InChI is InChI=1S/C61H117NO13/c1-3-5-7-9-11-13-15-16-17-18-19-20-21-22-23-24-25-26-27-28-29-30-31-32-33-35-37-39-41-43-45-53(66)62-49(50(65)44-42-40-38-36-34-14-12-10-8-6-4-2)48-72-60-58(71)56(69)59(52(47-64)74-60)75-61-57(70)55(68)54(67)51(46-63)73-61/h42,44,49-52,54-61,63-65,67-71H,3-41,43,45-48H2,1-2H3,(H,62,66)/b44-42+/t49-,50+,51+,52+,54-,55?,56?,57?,58?,59+,60+,61-/m0/s1. The number of amides is 1. The zero-order valence-corrected chi connectivity index (χ0v) is 47.8. The van der Waals surface area contributed by atoms with E-state index in [-0.39, 0.29) is 18.9 Å². The molecule has 0 spiro atoms. The molecular weight excluding hydrogens is 955 g/mol. The van der Waals surface area contributed by atoms with Gasteiger partial charge in [0.15, 0.2) is 12.6 Å². The highest BCUT2D eigenvalue weighted by atomic mass is 16.7. The van der Waals surface area contributed by atoms with Crippen molar-refractivity contribution in [2.75, 3.05) is 19.8 Å². The Morgan fingerprint density at radius 3 is 1.23 bits per heavy atom. The van der Waals surface area contributed by atoms with Crippen molar-refractivity contribution in [3.8, 4) is 0 Å². The maximum atomic E-state index is 13.2. The fraction of sp³-hybridized carbons (Fsp3) is 0.951. The van der Waals surface area contributed by atoms with Crippen molar-refractivity contribution in [2.45, 2.75) is 351 Å². The number of rotatable bonds is 51. The van der Waals surface area contributed by atoms with E-state index in [4.69, 9.17) is 18.9 Å². The second-order valence-corrected chi connectivity index (χ2v) is 22.6. The first kappa shape index (κ1) is 69.8. The zero-order valence-electron chi connectivity index (χ0n) is 47.8. The van der Waals surface area contributed by atoms with Crippen molar-refractivity contribution in [3.05, 3.63) is 12.2 Å². The summed E-state index contributed by atoms with van der Waals surface area (Å²) in [5.74, 6) is -0.235. The van der Waals surface area contributed by atoms with Crippen LogP contribution in [0.15, 0.2) is 12.2 Å². The second kappa shape index (κ2) is 47.5. The van der Waals surface area contributed by atoms with Crippen LogP contribution in [0.3, 0.4) is 0 Å². The first-order chi connectivity index (χ1) is 36.6. The van der Waals surface area contributed by atoms with Crippen LogP contribution >= 0.6 is 0 Å². The van der Waals surface area contributed by atoms with Gasteiger partial charge in [0.25, 0.3) is 0 Å². The SMILES string of the molecule is CCCCCCCCCCC/C=C/[C@@H](O)[C@H](CO[C@@H]1O[C@H](CO)[C@@H](O[C@@H]2O[C@H](CO)[C@H](O)C(O)C2O)C(O)C1O)NC(=O)CCCCCCCCCCCCCCCCCCCCCCCCCCCCCCCC. The summed E-state index contributed by atoms with van der Waals surface area (Å²) in [6.07, 6.45) is 38.6. The molecule has 12 atom stereocenters. The number of hydrogen-bond donors (Lipinski definition) is 9. The third-order valence-corrected chi connectivity index (χ3v) is 15.7. The summed E-state index contributed by atoms with van der Waals surface area (Å²) in [6, 6.07) is -0.908. The highest BCUT2D eigenvalue weighted by Gasteiger charge is 2.51. The topological polar surface area (TPSA) is 228 Å². The Hall–Kier alpha value is -1.27. The first-order valence-electron chi connectivity index (χ1n) is 31.4. The van der Waals surface area contributed by atoms with Crippen LogP contribution in [0.25, 0.3) is 0 Å². The summed E-state index contributed by atoms with van der Waals surface area (Å²) in [5.41, 5.74) is 0. The molecule has 75 heavy (non-hydrogen) atoms. The monoisotopic (exact) mass is 1070 g/mol. The Morgan fingerprint density at radius 2 is 0.827 bits per heavy atom. The number of ether oxygens (including phenoxy) is 4. The molecule has 0 radical (unpaired) electrons. The third kappa shape index (κ3) is 33.2. The number of allylic oxidation sites excluding steroid dienone is 1. The van der Waals surface area contributed by atoms with Crippen molar-refractivity contribution in [3.63, 3.8) is 0 Å². The molecule has 0 saturated carbocycles. The van der Waals surface area contributed by atoms with Crippen molar-refractivity contribution in [1.29, 1.82) is 0 Å². The van der Waals surface area contributed by atoms with Gasteiger partial charge in [0.2, 0.25) is 5.91 Å². The molecule has 0 aromatic carbocycles. The van der Waals surface area contributed by atoms with Crippen LogP contribution in [0.5, 0.6) is 0 Å². The maximum Gasteiger partial charge on any atom is 0.220 e. The van der Waals surface area contributed by atoms with E-state index in [0.29, 0.717) is 6.42 Å². The Morgan fingerprint density at radius 1 is 0.467 bits per heavy atom. The number of hydrogen-bond acceptors (Lipinski definition) is 13. The average molecular weight is 1070 g/mol. The minimum absolute atomic E-state index is 0.235. The van der Waals surface area contributed by atoms with E-state index in [9.17, 15) is 45.6 Å². The Labute approximate surface area is 456 Å². The van der Waals surface area contributed by atoms with Gasteiger partial charge in [0, 0.05) is 6.42 Å². The molecule has 1 amide bonds. The quantitative estimate of drug-likeness (QED) is 0.0204. The number of carbonyl (C=O) groups excluding carboxylic acids is 1. The summed E-state index contributed by atoms with van der Waals surface area (Å²) in [4.78, 5) is 13.2. The molecule has 14 nitrogen and oxygen atoms in total. The van der Waals surface area contributed by atoms with Crippen molar-refractivity contribution < 1.29 is 64.6 Å². The van der Waals surface area contributed by atoms with Gasteiger partial charge < -0.3 is 65.1 Å². The largest absolute Gasteiger partial charge is 0.394 e. The lowest BCUT2D eigenvalue weighted by Crippen LogP contribution is -2.65. The van der Waals surface area contributed by atoms with Gasteiger partial charge in [-0.25, -0.2) is 0 Å². The number of carbonyl (C=O) groups is 1. The van der Waals surface area contributed by atoms with Gasteiger partial charge >= 0.3 is 0 Å². The minimum Gasteiger partial charge on any atom is -0.394 e. The van der Waals surface area contributed by atoms with E-state index < -0.39 is 86.8 Å². The molecule has 14 heteroatoms. The van der Waals surface area contributed by atoms with Crippen LogP contribution in [-0.4, -0.2) is 140 Å². The third-order valence-electron chi connectivity index (χ3n) is 15.7. The fourth-order valence-electron chi connectivity index (χ4n) is 10.6. The highest BCUT2D eigenvalue weighted by Crippen LogP contribution is 2.30. The summed E-state index contributed by atoms with van der Waals surface area (Å²) >= 11 is 0. The Kier molecular flexibility index (Phi) is 44.3. The van der Waals surface area contributed by atoms with Crippen molar-refractivity contribution in [2.24, 2.45) is 0 Å². The van der Waals surface area contributed by atoms with Gasteiger partial charge in [-0.05, 0) is 19.3 Å². The lowest BCUT2D eigenvalue weighted by molar-refractivity contribution is -0.359. The summed E-state index contributed by atoms with van der Waals surface area (Å²) < 4.78 is 22.7. The molecule has 0 bridgehead atoms. The van der Waals surface area contributed by atoms with Crippen molar-refractivity contribution in [1.82, 2.24) is 5.32 Å². The molecule has 4 unspecified atom stereocenters. The summed E-state index contributed by atoms with van der Waals surface area (Å²) in [5, 5.41) is 86.9. The van der Waals surface area contributed by atoms with E-state index in [1.54, 1.807) is 6.08 Å². The molecule has 2 heterocycles. The molecule has 444 valence electrons. The number of aliphatic hydroxyl groups excluding tert-OH is 8. The average Bonchev–Trinajstić information content (AvgIpc) is 3.41. The molecule has 0 aromatic heterocycles. The van der Waals surface area contributed by atoms with Crippen molar-refractivity contribution >= 4 is 5.91 Å². The smallest absolute Gasteiger partial charge is 0.220 e. The molecule has 2 aliphatic rings. The van der Waals surface area contributed by atoms with Crippen LogP contribution in [-0.2, 0) is 23.7 Å². The Balaban J connectivity index is 1.63. The van der Waals surface area contributed by atoms with Gasteiger partial charge in [-0.2, -0.15) is 0 Å². The minimum atomic E-state index is -1.78. The van der Waals surface area contributed by atoms with E-state index in [1.165, 1.54) is 212 Å². The number of unbranched alkanes of at least 4 members (excludes halogenated alkanes) is 38. The van der Waals surface area contributed by atoms with Crippen LogP contribution in [0, 0.1) is 0 Å². The van der Waals surface area contributed by atoms with E-state index >= 15 is 0 Å². The van der Waals surface area contributed by atoms with E-state index in [0.717, 1.165) is 38.5 Å². The van der Waals surface area contributed by atoms with Gasteiger partial charge in [0.1, 0.15) is 48.8 Å². The molecule has 2 fully saturated rings. The highest BCUT2D eigenvalue weighted by molar-refractivity contribution is 5.76. The van der Waals surface area contributed by atoms with Crippen LogP contribution < -0.4 is 5.32 Å².